The summed E-state index contributed by atoms with van der Waals surface area (Å²) in [5.74, 6) is -0.557. The minimum absolute atomic E-state index is 0.269. The molecule has 1 fully saturated rings. The van der Waals surface area contributed by atoms with Crippen molar-refractivity contribution >= 4 is 17.8 Å². The number of rotatable bonds is 4. The number of hydrogen-bond donors (Lipinski definition) is 2. The minimum atomic E-state index is -0.792. The minimum Gasteiger partial charge on any atom is -0.384 e. The third kappa shape index (κ3) is 3.35. The lowest BCUT2D eigenvalue weighted by molar-refractivity contribution is -0.146. The number of carbonyl (C=O) groups excluding carboxylic acids is 2. The molecule has 3 atom stereocenters. The molecule has 1 aliphatic rings. The van der Waals surface area contributed by atoms with Gasteiger partial charge in [0.25, 0.3) is 0 Å². The zero-order chi connectivity index (χ0) is 18.7. The van der Waals surface area contributed by atoms with Crippen LogP contribution in [0.5, 0.6) is 0 Å². The van der Waals surface area contributed by atoms with Crippen molar-refractivity contribution in [3.8, 4) is 6.07 Å². The maximum atomic E-state index is 12.5. The van der Waals surface area contributed by atoms with Crippen LogP contribution in [-0.4, -0.2) is 27.9 Å². The number of β-lactam (4-membered cyclic amide) rings is 1. The van der Waals surface area contributed by atoms with Crippen molar-refractivity contribution in [2.75, 3.05) is 5.73 Å². The third-order valence-corrected chi connectivity index (χ3v) is 4.51. The summed E-state index contributed by atoms with van der Waals surface area (Å²) < 4.78 is 0. The van der Waals surface area contributed by atoms with Gasteiger partial charge in [-0.25, -0.2) is 14.7 Å². The third-order valence-electron chi connectivity index (χ3n) is 4.51. The number of pyridine rings is 1. The van der Waals surface area contributed by atoms with E-state index in [1.54, 1.807) is 18.3 Å². The second-order valence-corrected chi connectivity index (χ2v) is 6.26. The quantitative estimate of drug-likeness (QED) is 0.820. The Kier molecular flexibility index (Phi) is 4.85. The second-order valence-electron chi connectivity index (χ2n) is 6.26. The number of benzene rings is 1. The molecule has 0 unspecified atom stereocenters. The van der Waals surface area contributed by atoms with Gasteiger partial charge in [-0.05, 0) is 36.6 Å². The van der Waals surface area contributed by atoms with Gasteiger partial charge in [0, 0.05) is 6.20 Å². The van der Waals surface area contributed by atoms with Crippen LogP contribution in [0.4, 0.5) is 10.6 Å². The van der Waals surface area contributed by atoms with Crippen LogP contribution in [0.25, 0.3) is 0 Å². The van der Waals surface area contributed by atoms with Crippen molar-refractivity contribution in [3.63, 3.8) is 0 Å². The first-order valence-electron chi connectivity index (χ1n) is 8.29. The average molecular weight is 349 g/mol. The molecular weight excluding hydrogens is 330 g/mol. The molecule has 0 aliphatic carbocycles. The van der Waals surface area contributed by atoms with Crippen LogP contribution in [0.15, 0.2) is 48.7 Å². The molecule has 7 nitrogen and oxygen atoms in total. The van der Waals surface area contributed by atoms with Crippen molar-refractivity contribution in [2.24, 2.45) is 5.92 Å². The van der Waals surface area contributed by atoms with Gasteiger partial charge in [0.05, 0.1) is 18.0 Å². The standard InChI is InChI=1S/C19H19N5O2/c1-12(14-5-3-2-4-6-14)23-19(26)24-16(11-20)15(18(24)25)9-13-7-8-22-17(21)10-13/h2-8,10,12,15-16H,9H2,1H3,(H2,21,22)(H,23,26)/t12-,15-,16-/m1/s1. The summed E-state index contributed by atoms with van der Waals surface area (Å²) in [5, 5.41) is 12.2. The van der Waals surface area contributed by atoms with Gasteiger partial charge in [-0.15, -0.1) is 0 Å². The zero-order valence-corrected chi connectivity index (χ0v) is 14.3. The van der Waals surface area contributed by atoms with E-state index in [1.165, 1.54) is 0 Å². The van der Waals surface area contributed by atoms with E-state index >= 15 is 0 Å². The van der Waals surface area contributed by atoms with Crippen molar-refractivity contribution in [1.29, 1.82) is 5.26 Å². The lowest BCUT2D eigenvalue weighted by Gasteiger charge is -2.42. The largest absolute Gasteiger partial charge is 0.384 e. The van der Waals surface area contributed by atoms with E-state index in [2.05, 4.69) is 16.4 Å². The molecule has 0 saturated carbocycles. The zero-order valence-electron chi connectivity index (χ0n) is 14.3. The van der Waals surface area contributed by atoms with E-state index in [9.17, 15) is 14.9 Å². The average Bonchev–Trinajstić information content (AvgIpc) is 2.64. The molecule has 2 heterocycles. The van der Waals surface area contributed by atoms with Crippen LogP contribution in [0, 0.1) is 17.2 Å². The smallest absolute Gasteiger partial charge is 0.325 e. The molecule has 26 heavy (non-hydrogen) atoms. The number of nitrogens with two attached hydrogens (primary N) is 1. The van der Waals surface area contributed by atoms with Gasteiger partial charge in [-0.2, -0.15) is 5.26 Å². The number of urea groups is 1. The fraction of sp³-hybridized carbons (Fsp3) is 0.263. The Hall–Kier alpha value is -3.40. The summed E-state index contributed by atoms with van der Waals surface area (Å²) in [5.41, 5.74) is 7.38. The van der Waals surface area contributed by atoms with E-state index in [0.29, 0.717) is 12.2 Å². The van der Waals surface area contributed by atoms with Crippen LogP contribution in [0.3, 0.4) is 0 Å². The fourth-order valence-corrected chi connectivity index (χ4v) is 3.08. The Labute approximate surface area is 151 Å². The predicted octanol–water partition coefficient (Wildman–Crippen LogP) is 2.03. The van der Waals surface area contributed by atoms with Gasteiger partial charge in [-0.1, -0.05) is 30.3 Å². The van der Waals surface area contributed by atoms with Gasteiger partial charge in [-0.3, -0.25) is 4.79 Å². The van der Waals surface area contributed by atoms with E-state index in [0.717, 1.165) is 16.0 Å². The number of likely N-dealkylation sites (tertiary alicyclic amines) is 1. The maximum Gasteiger partial charge on any atom is 0.325 e. The van der Waals surface area contributed by atoms with Gasteiger partial charge in [0.2, 0.25) is 5.91 Å². The lowest BCUT2D eigenvalue weighted by atomic mass is 9.83. The highest BCUT2D eigenvalue weighted by atomic mass is 16.2. The molecule has 132 valence electrons. The van der Waals surface area contributed by atoms with Crippen molar-refractivity contribution in [2.45, 2.75) is 25.4 Å². The summed E-state index contributed by atoms with van der Waals surface area (Å²) in [4.78, 5) is 29.8. The molecule has 3 amide bonds. The number of nitrogen functional groups attached to an aromatic ring is 1. The van der Waals surface area contributed by atoms with Crippen LogP contribution in [0.1, 0.15) is 24.1 Å². The van der Waals surface area contributed by atoms with E-state index in [4.69, 9.17) is 5.73 Å². The van der Waals surface area contributed by atoms with E-state index in [-0.39, 0.29) is 11.9 Å². The van der Waals surface area contributed by atoms with Gasteiger partial charge < -0.3 is 11.1 Å². The molecule has 1 aliphatic heterocycles. The fourth-order valence-electron chi connectivity index (χ4n) is 3.08. The van der Waals surface area contributed by atoms with Crippen LogP contribution in [0.2, 0.25) is 0 Å². The van der Waals surface area contributed by atoms with Crippen molar-refractivity contribution in [3.05, 3.63) is 59.8 Å². The summed E-state index contributed by atoms with van der Waals surface area (Å²) in [6.07, 6.45) is 1.91. The number of anilines is 1. The molecule has 1 aromatic carbocycles. The first-order valence-corrected chi connectivity index (χ1v) is 8.29. The number of aromatic nitrogens is 1. The summed E-state index contributed by atoms with van der Waals surface area (Å²) >= 11 is 0. The number of amides is 3. The van der Waals surface area contributed by atoms with E-state index < -0.39 is 18.0 Å². The van der Waals surface area contributed by atoms with Gasteiger partial charge >= 0.3 is 6.03 Å². The molecule has 7 heteroatoms. The monoisotopic (exact) mass is 349 g/mol. The number of imide groups is 1. The van der Waals surface area contributed by atoms with Crippen LogP contribution >= 0.6 is 0 Å². The van der Waals surface area contributed by atoms with Crippen LogP contribution < -0.4 is 11.1 Å². The number of nitriles is 1. The molecule has 2 aromatic rings. The molecule has 3 rings (SSSR count). The first-order chi connectivity index (χ1) is 12.5. The Morgan fingerprint density at radius 1 is 1.38 bits per heavy atom. The molecule has 0 spiro atoms. The van der Waals surface area contributed by atoms with Crippen molar-refractivity contribution in [1.82, 2.24) is 15.2 Å². The molecule has 1 saturated heterocycles. The number of nitrogens with zero attached hydrogens (tertiary/aromatic N) is 3. The molecule has 1 aromatic heterocycles. The maximum absolute atomic E-state index is 12.5. The Bertz CT molecular complexity index is 862. The number of nitrogens with one attached hydrogen (secondary N) is 1. The Morgan fingerprint density at radius 2 is 2.12 bits per heavy atom. The Balaban J connectivity index is 1.66. The second kappa shape index (κ2) is 7.23. The van der Waals surface area contributed by atoms with Crippen molar-refractivity contribution < 1.29 is 9.59 Å². The summed E-state index contributed by atoms with van der Waals surface area (Å²) in [6.45, 7) is 1.83. The highest BCUT2D eigenvalue weighted by Crippen LogP contribution is 2.30. The Morgan fingerprint density at radius 3 is 2.77 bits per heavy atom. The first kappa shape index (κ1) is 17.4. The highest BCUT2D eigenvalue weighted by Gasteiger charge is 2.51. The highest BCUT2D eigenvalue weighted by molar-refractivity contribution is 6.02. The molecule has 0 radical (unpaired) electrons. The molecular formula is C19H19N5O2. The lowest BCUT2D eigenvalue weighted by Crippen LogP contribution is -2.65. The summed E-state index contributed by atoms with van der Waals surface area (Å²) in [7, 11) is 0. The molecule has 3 N–H and O–H groups in total. The number of hydrogen-bond acceptors (Lipinski definition) is 5. The van der Waals surface area contributed by atoms with E-state index in [1.807, 2.05) is 37.3 Å². The van der Waals surface area contributed by atoms with Gasteiger partial charge in [0.15, 0.2) is 0 Å². The summed E-state index contributed by atoms with van der Waals surface area (Å²) in [6, 6.07) is 13.3. The normalized spacial score (nSPS) is 20.0. The van der Waals surface area contributed by atoms with Gasteiger partial charge in [0.1, 0.15) is 11.9 Å². The SMILES string of the molecule is C[C@@H](NC(=O)N1C(=O)[C@H](Cc2ccnc(N)c2)[C@H]1C#N)c1ccccc1. The van der Waals surface area contributed by atoms with Crippen LogP contribution in [-0.2, 0) is 11.2 Å². The predicted molar refractivity (Wildman–Crippen MR) is 95.5 cm³/mol. The molecule has 0 bridgehead atoms. The topological polar surface area (TPSA) is 112 Å². The number of carbonyl (C=O) groups is 2.